The Morgan fingerprint density at radius 2 is 1.68 bits per heavy atom. The van der Waals surface area contributed by atoms with E-state index in [9.17, 15) is 18.0 Å². The molecule has 1 amide bonds. The lowest BCUT2D eigenvalue weighted by Gasteiger charge is -2.22. The summed E-state index contributed by atoms with van der Waals surface area (Å²) < 4.78 is 37.2. The molecule has 0 aliphatic rings. The second-order valence-electron chi connectivity index (χ2n) is 3.99. The predicted octanol–water partition coefficient (Wildman–Crippen LogP) is 3.85. The van der Waals surface area contributed by atoms with Crippen LogP contribution in [0.25, 0.3) is 0 Å². The van der Waals surface area contributed by atoms with Crippen molar-refractivity contribution in [1.82, 2.24) is 4.90 Å². The van der Waals surface area contributed by atoms with E-state index in [1.54, 1.807) is 0 Å². The van der Waals surface area contributed by atoms with Gasteiger partial charge in [-0.1, -0.05) is 12.1 Å². The Bertz CT molecular complexity index is 427. The zero-order chi connectivity index (χ0) is 14.6. The lowest BCUT2D eigenvalue weighted by Crippen LogP contribution is -2.33. The van der Waals surface area contributed by atoms with Gasteiger partial charge in [-0.05, 0) is 31.5 Å². The highest BCUT2D eigenvalue weighted by Crippen LogP contribution is 2.31. The Labute approximate surface area is 115 Å². The number of hydrogen-bond acceptors (Lipinski definition) is 1. The van der Waals surface area contributed by atoms with Crippen LogP contribution in [0.1, 0.15) is 30.4 Å². The highest BCUT2D eigenvalue weighted by atomic mass is 35.5. The molecule has 0 saturated carbocycles. The number of nitrogens with zero attached hydrogens (tertiary/aromatic N) is 1. The van der Waals surface area contributed by atoms with E-state index in [0.717, 1.165) is 12.1 Å². The molecule has 1 rings (SSSR count). The fourth-order valence-corrected chi connectivity index (χ4v) is 1.96. The number of amides is 1. The summed E-state index contributed by atoms with van der Waals surface area (Å²) in [6.45, 7) is 4.66. The van der Waals surface area contributed by atoms with E-state index < -0.39 is 17.1 Å². The third-order valence-electron chi connectivity index (χ3n) is 2.82. The van der Waals surface area contributed by atoms with Crippen molar-refractivity contribution in [3.05, 3.63) is 35.4 Å². The number of rotatable bonds is 4. The van der Waals surface area contributed by atoms with Gasteiger partial charge < -0.3 is 4.90 Å². The Balaban J connectivity index is 2.89. The first-order valence-electron chi connectivity index (χ1n) is 5.91. The lowest BCUT2D eigenvalue weighted by atomic mass is 10.1. The molecule has 0 radical (unpaired) electrons. The Morgan fingerprint density at radius 1 is 1.21 bits per heavy atom. The number of likely N-dealkylation sites (N-methyl/N-ethyl adjacent to an activating group) is 1. The molecule has 19 heavy (non-hydrogen) atoms. The van der Waals surface area contributed by atoms with E-state index in [1.807, 2.05) is 13.8 Å². The van der Waals surface area contributed by atoms with Gasteiger partial charge in [-0.2, -0.15) is 13.2 Å². The smallest absolute Gasteiger partial charge is 0.342 e. The Morgan fingerprint density at radius 3 is 2.05 bits per heavy atom. The molecule has 6 heteroatoms. The van der Waals surface area contributed by atoms with E-state index in [1.165, 1.54) is 17.0 Å². The van der Waals surface area contributed by atoms with Crippen LogP contribution in [0.3, 0.4) is 0 Å². The maximum atomic E-state index is 12.4. The summed E-state index contributed by atoms with van der Waals surface area (Å²) in [6, 6.07) is 4.34. The van der Waals surface area contributed by atoms with Gasteiger partial charge in [0.15, 0.2) is 0 Å². The normalized spacial score (nSPS) is 13.2. The maximum Gasteiger partial charge on any atom is 0.416 e. The van der Waals surface area contributed by atoms with Gasteiger partial charge in [-0.25, -0.2) is 0 Å². The van der Waals surface area contributed by atoms with E-state index in [-0.39, 0.29) is 5.91 Å². The van der Waals surface area contributed by atoms with E-state index >= 15 is 0 Å². The third-order valence-corrected chi connectivity index (χ3v) is 3.26. The number of hydrogen-bond donors (Lipinski definition) is 0. The first-order valence-corrected chi connectivity index (χ1v) is 6.34. The zero-order valence-corrected chi connectivity index (χ0v) is 11.4. The third kappa shape index (κ3) is 3.86. The molecule has 1 unspecified atom stereocenters. The van der Waals surface area contributed by atoms with Gasteiger partial charge in [0.2, 0.25) is 5.91 Å². The van der Waals surface area contributed by atoms with Crippen LogP contribution >= 0.6 is 11.6 Å². The molecule has 0 spiro atoms. The summed E-state index contributed by atoms with van der Waals surface area (Å²) in [7, 11) is 0. The summed E-state index contributed by atoms with van der Waals surface area (Å²) in [5.41, 5.74) is -0.387. The number of benzene rings is 1. The van der Waals surface area contributed by atoms with Crippen LogP contribution in [0.15, 0.2) is 24.3 Å². The number of carbonyl (C=O) groups is 1. The van der Waals surface area contributed by atoms with Gasteiger partial charge in [0.1, 0.15) is 5.38 Å². The molecule has 0 aromatic heterocycles. The SMILES string of the molecule is CCN(CC)C(=O)C(Cl)c1ccc(C(F)(F)F)cc1. The monoisotopic (exact) mass is 293 g/mol. The van der Waals surface area contributed by atoms with Crippen molar-refractivity contribution in [2.45, 2.75) is 25.4 Å². The molecule has 106 valence electrons. The number of halogens is 4. The molecular formula is C13H15ClF3NO. The van der Waals surface area contributed by atoms with Gasteiger partial charge >= 0.3 is 6.18 Å². The van der Waals surface area contributed by atoms with Gasteiger partial charge in [0.05, 0.1) is 5.56 Å². The molecule has 0 fully saturated rings. The Kier molecular flexibility index (Phi) is 5.23. The van der Waals surface area contributed by atoms with Crippen LogP contribution in [0.2, 0.25) is 0 Å². The zero-order valence-electron chi connectivity index (χ0n) is 10.7. The van der Waals surface area contributed by atoms with E-state index in [0.29, 0.717) is 18.7 Å². The molecule has 0 heterocycles. The highest BCUT2D eigenvalue weighted by Gasteiger charge is 2.30. The molecule has 1 aromatic carbocycles. The van der Waals surface area contributed by atoms with E-state index in [2.05, 4.69) is 0 Å². The molecule has 0 aliphatic carbocycles. The first-order chi connectivity index (χ1) is 8.81. The van der Waals surface area contributed by atoms with Crippen molar-refractivity contribution in [3.63, 3.8) is 0 Å². The standard InChI is InChI=1S/C13H15ClF3NO/c1-3-18(4-2)12(19)11(14)9-5-7-10(8-6-9)13(15,16)17/h5-8,11H,3-4H2,1-2H3. The molecule has 2 nitrogen and oxygen atoms in total. The van der Waals surface area contributed by atoms with Gasteiger partial charge in [-0.3, -0.25) is 4.79 Å². The fourth-order valence-electron chi connectivity index (χ4n) is 1.68. The van der Waals surface area contributed by atoms with Crippen molar-refractivity contribution in [2.24, 2.45) is 0 Å². The number of carbonyl (C=O) groups excluding carboxylic acids is 1. The molecule has 0 N–H and O–H groups in total. The molecule has 0 saturated heterocycles. The second kappa shape index (κ2) is 6.28. The number of alkyl halides is 4. The minimum absolute atomic E-state index is 0.300. The summed E-state index contributed by atoms with van der Waals surface area (Å²) in [6.07, 6.45) is -4.39. The summed E-state index contributed by atoms with van der Waals surface area (Å²) in [5, 5.41) is -0.956. The lowest BCUT2D eigenvalue weighted by molar-refractivity contribution is -0.137. The van der Waals surface area contributed by atoms with Crippen LogP contribution < -0.4 is 0 Å². The molecule has 1 atom stereocenters. The maximum absolute atomic E-state index is 12.4. The predicted molar refractivity (Wildman–Crippen MR) is 68.0 cm³/mol. The molecule has 0 bridgehead atoms. The van der Waals surface area contributed by atoms with Crippen LogP contribution in [-0.4, -0.2) is 23.9 Å². The second-order valence-corrected chi connectivity index (χ2v) is 4.43. The minimum atomic E-state index is -4.39. The summed E-state index contributed by atoms with van der Waals surface area (Å²) in [5.74, 6) is -0.300. The van der Waals surface area contributed by atoms with Crippen molar-refractivity contribution in [3.8, 4) is 0 Å². The average molecular weight is 294 g/mol. The molecule has 0 aliphatic heterocycles. The van der Waals surface area contributed by atoms with Crippen molar-refractivity contribution in [2.75, 3.05) is 13.1 Å². The average Bonchev–Trinajstić information content (AvgIpc) is 2.38. The van der Waals surface area contributed by atoms with Gasteiger partial charge in [-0.15, -0.1) is 11.6 Å². The summed E-state index contributed by atoms with van der Waals surface area (Å²) >= 11 is 6.00. The fraction of sp³-hybridized carbons (Fsp3) is 0.462. The molecular weight excluding hydrogens is 279 g/mol. The van der Waals surface area contributed by atoms with Crippen molar-refractivity contribution < 1.29 is 18.0 Å². The van der Waals surface area contributed by atoms with Crippen LogP contribution in [0.5, 0.6) is 0 Å². The van der Waals surface area contributed by atoms with Crippen LogP contribution in [0, 0.1) is 0 Å². The van der Waals surface area contributed by atoms with Gasteiger partial charge in [0, 0.05) is 13.1 Å². The quantitative estimate of drug-likeness (QED) is 0.772. The topological polar surface area (TPSA) is 20.3 Å². The first kappa shape index (κ1) is 15.8. The highest BCUT2D eigenvalue weighted by molar-refractivity contribution is 6.30. The van der Waals surface area contributed by atoms with E-state index in [4.69, 9.17) is 11.6 Å². The minimum Gasteiger partial charge on any atom is -0.342 e. The Hall–Kier alpha value is -1.23. The van der Waals surface area contributed by atoms with Crippen molar-refractivity contribution >= 4 is 17.5 Å². The largest absolute Gasteiger partial charge is 0.416 e. The summed E-state index contributed by atoms with van der Waals surface area (Å²) in [4.78, 5) is 13.5. The van der Waals surface area contributed by atoms with Crippen LogP contribution in [0.4, 0.5) is 13.2 Å². The van der Waals surface area contributed by atoms with Gasteiger partial charge in [0.25, 0.3) is 0 Å². The van der Waals surface area contributed by atoms with Crippen LogP contribution in [-0.2, 0) is 11.0 Å². The molecule has 1 aromatic rings. The van der Waals surface area contributed by atoms with Crippen molar-refractivity contribution in [1.29, 1.82) is 0 Å².